The van der Waals surface area contributed by atoms with Gasteiger partial charge < -0.3 is 10.1 Å². The first-order valence-electron chi connectivity index (χ1n) is 6.17. The average Bonchev–Trinajstić information content (AvgIpc) is 3.00. The predicted molar refractivity (Wildman–Crippen MR) is 65.9 cm³/mol. The molecule has 9 heteroatoms. The Labute approximate surface area is 114 Å². The highest BCUT2D eigenvalue weighted by Gasteiger charge is 2.28. The van der Waals surface area contributed by atoms with Gasteiger partial charge in [-0.25, -0.2) is 14.3 Å². The van der Waals surface area contributed by atoms with E-state index in [0.29, 0.717) is 12.1 Å². The van der Waals surface area contributed by atoms with Gasteiger partial charge in [-0.15, -0.1) is 5.10 Å². The molecular formula is C11H15N5O4. The quantitative estimate of drug-likeness (QED) is 0.558. The molecule has 20 heavy (non-hydrogen) atoms. The molecule has 0 aromatic carbocycles. The second-order valence-corrected chi connectivity index (χ2v) is 4.16. The van der Waals surface area contributed by atoms with Gasteiger partial charge in [-0.3, -0.25) is 9.69 Å². The van der Waals surface area contributed by atoms with Crippen molar-refractivity contribution in [1.29, 1.82) is 0 Å². The molecule has 0 radical (unpaired) electrons. The van der Waals surface area contributed by atoms with E-state index in [-0.39, 0.29) is 31.2 Å². The average molecular weight is 281 g/mol. The lowest BCUT2D eigenvalue weighted by Gasteiger charge is -2.12. The van der Waals surface area contributed by atoms with E-state index < -0.39 is 12.0 Å². The summed E-state index contributed by atoms with van der Waals surface area (Å²) in [5.74, 6) is -0.829. The molecule has 1 aliphatic rings. The first-order valence-corrected chi connectivity index (χ1v) is 6.17. The van der Waals surface area contributed by atoms with Gasteiger partial charge in [0.15, 0.2) is 5.69 Å². The second kappa shape index (κ2) is 5.68. The van der Waals surface area contributed by atoms with Gasteiger partial charge in [0.05, 0.1) is 32.4 Å². The summed E-state index contributed by atoms with van der Waals surface area (Å²) >= 11 is 0. The first-order chi connectivity index (χ1) is 9.58. The third kappa shape index (κ3) is 2.46. The Bertz CT molecular complexity index is 537. The van der Waals surface area contributed by atoms with Crippen LogP contribution in [-0.4, -0.2) is 58.0 Å². The summed E-state index contributed by atoms with van der Waals surface area (Å²) in [6.45, 7) is 2.34. The molecule has 1 aliphatic heterocycles. The monoisotopic (exact) mass is 281 g/mol. The Kier molecular flexibility index (Phi) is 3.97. The van der Waals surface area contributed by atoms with Crippen LogP contribution in [0.1, 0.15) is 23.1 Å². The minimum absolute atomic E-state index is 0.0181. The number of rotatable bonds is 5. The minimum atomic E-state index is -0.553. The topological polar surface area (TPSA) is 106 Å². The van der Waals surface area contributed by atoms with Crippen LogP contribution in [-0.2, 0) is 22.5 Å². The molecule has 2 heterocycles. The van der Waals surface area contributed by atoms with Crippen molar-refractivity contribution in [2.24, 2.45) is 0 Å². The zero-order valence-electron chi connectivity index (χ0n) is 11.3. The molecule has 2 rings (SSSR count). The van der Waals surface area contributed by atoms with E-state index >= 15 is 0 Å². The van der Waals surface area contributed by atoms with Gasteiger partial charge in [0.2, 0.25) is 5.91 Å². The van der Waals surface area contributed by atoms with E-state index in [0.717, 1.165) is 4.90 Å². The zero-order valence-corrected chi connectivity index (χ0v) is 11.3. The summed E-state index contributed by atoms with van der Waals surface area (Å²) in [6.07, 6.45) is 0.539. The lowest BCUT2D eigenvalue weighted by Crippen LogP contribution is -2.34. The third-order valence-electron chi connectivity index (χ3n) is 3.02. The molecule has 0 saturated carbocycles. The van der Waals surface area contributed by atoms with Gasteiger partial charge in [0.25, 0.3) is 0 Å². The number of esters is 1. The molecule has 0 aliphatic carbocycles. The second-order valence-electron chi connectivity index (χ2n) is 4.16. The number of methoxy groups -OCH3 is 1. The number of urea groups is 1. The van der Waals surface area contributed by atoms with Gasteiger partial charge >= 0.3 is 12.0 Å². The van der Waals surface area contributed by atoms with E-state index in [1.807, 2.05) is 6.92 Å². The Morgan fingerprint density at radius 3 is 2.70 bits per heavy atom. The van der Waals surface area contributed by atoms with Crippen molar-refractivity contribution >= 4 is 17.9 Å². The molecule has 0 unspecified atom stereocenters. The highest BCUT2D eigenvalue weighted by molar-refractivity contribution is 6.01. The van der Waals surface area contributed by atoms with Crippen LogP contribution >= 0.6 is 0 Å². The number of hydrogen-bond acceptors (Lipinski definition) is 6. The van der Waals surface area contributed by atoms with Crippen LogP contribution in [0.25, 0.3) is 0 Å². The lowest BCUT2D eigenvalue weighted by atomic mass is 10.2. The van der Waals surface area contributed by atoms with Gasteiger partial charge in [0, 0.05) is 0 Å². The van der Waals surface area contributed by atoms with E-state index in [1.165, 1.54) is 11.8 Å². The highest BCUT2D eigenvalue weighted by atomic mass is 16.5. The van der Waals surface area contributed by atoms with Crippen molar-refractivity contribution in [1.82, 2.24) is 25.2 Å². The molecule has 0 bridgehead atoms. The van der Waals surface area contributed by atoms with Crippen LogP contribution in [0.15, 0.2) is 0 Å². The van der Waals surface area contributed by atoms with E-state index in [4.69, 9.17) is 0 Å². The maximum Gasteiger partial charge on any atom is 0.360 e. The maximum absolute atomic E-state index is 11.5. The largest absolute Gasteiger partial charge is 0.464 e. The molecule has 1 N–H and O–H groups in total. The lowest BCUT2D eigenvalue weighted by molar-refractivity contribution is -0.125. The van der Waals surface area contributed by atoms with Crippen LogP contribution in [0.5, 0.6) is 0 Å². The molecule has 1 aromatic rings. The fraction of sp³-hybridized carbons (Fsp3) is 0.545. The van der Waals surface area contributed by atoms with E-state index in [9.17, 15) is 14.4 Å². The molecule has 0 atom stereocenters. The number of amides is 3. The molecule has 0 spiro atoms. The molecule has 1 aromatic heterocycles. The number of carbonyl (C=O) groups excluding carboxylic acids is 3. The van der Waals surface area contributed by atoms with Crippen molar-refractivity contribution < 1.29 is 19.1 Å². The van der Waals surface area contributed by atoms with Crippen LogP contribution in [0.4, 0.5) is 4.79 Å². The first kappa shape index (κ1) is 14.0. The Hall–Kier alpha value is -2.45. The molecular weight excluding hydrogens is 266 g/mol. The summed E-state index contributed by atoms with van der Waals surface area (Å²) in [7, 11) is 1.27. The summed E-state index contributed by atoms with van der Waals surface area (Å²) in [4.78, 5) is 35.5. The van der Waals surface area contributed by atoms with Crippen LogP contribution in [0.3, 0.4) is 0 Å². The normalized spacial score (nSPS) is 14.6. The minimum Gasteiger partial charge on any atom is -0.464 e. The van der Waals surface area contributed by atoms with Gasteiger partial charge in [-0.2, -0.15) is 0 Å². The number of ether oxygens (including phenoxy) is 1. The highest BCUT2D eigenvalue weighted by Crippen LogP contribution is 2.09. The van der Waals surface area contributed by atoms with Crippen molar-refractivity contribution in [2.75, 3.05) is 20.2 Å². The van der Waals surface area contributed by atoms with Crippen molar-refractivity contribution in [2.45, 2.75) is 19.9 Å². The number of hydrogen-bond donors (Lipinski definition) is 1. The number of carbonyl (C=O) groups is 3. The fourth-order valence-corrected chi connectivity index (χ4v) is 1.99. The van der Waals surface area contributed by atoms with Crippen molar-refractivity contribution in [3.05, 3.63) is 11.4 Å². The predicted octanol–water partition coefficient (Wildman–Crippen LogP) is -0.821. The Balaban J connectivity index is 2.10. The van der Waals surface area contributed by atoms with E-state index in [1.54, 1.807) is 0 Å². The molecule has 1 saturated heterocycles. The summed E-state index contributed by atoms with van der Waals surface area (Å²) in [5, 5.41) is 10.1. The van der Waals surface area contributed by atoms with Crippen molar-refractivity contribution in [3.8, 4) is 0 Å². The summed E-state index contributed by atoms with van der Waals surface area (Å²) < 4.78 is 6.13. The van der Waals surface area contributed by atoms with E-state index in [2.05, 4.69) is 20.4 Å². The van der Waals surface area contributed by atoms with Gasteiger partial charge in [0.1, 0.15) is 0 Å². The number of nitrogens with zero attached hydrogens (tertiary/aromatic N) is 4. The summed E-state index contributed by atoms with van der Waals surface area (Å²) in [5.41, 5.74) is 0.774. The Morgan fingerprint density at radius 1 is 1.40 bits per heavy atom. The molecule has 3 amide bonds. The number of imide groups is 1. The van der Waals surface area contributed by atoms with Gasteiger partial charge in [-0.1, -0.05) is 12.1 Å². The van der Waals surface area contributed by atoms with Gasteiger partial charge in [-0.05, 0) is 6.42 Å². The smallest absolute Gasteiger partial charge is 0.360 e. The molecule has 1 fully saturated rings. The number of nitrogens with one attached hydrogen (secondary N) is 1. The SMILES string of the molecule is CCc1c(C(=O)OC)nnn1CCN1C(=O)CNC1=O. The standard InChI is InChI=1S/C11H15N5O4/c1-3-7-9(10(18)20-2)13-14-16(7)5-4-15-8(17)6-12-11(15)19/h3-6H2,1-2H3,(H,12,19). The zero-order chi connectivity index (χ0) is 14.7. The molecule has 9 nitrogen and oxygen atoms in total. The number of aromatic nitrogens is 3. The van der Waals surface area contributed by atoms with Crippen LogP contribution in [0, 0.1) is 0 Å². The Morgan fingerprint density at radius 2 is 2.15 bits per heavy atom. The van der Waals surface area contributed by atoms with Crippen LogP contribution < -0.4 is 5.32 Å². The summed E-state index contributed by atoms with van der Waals surface area (Å²) in [6, 6.07) is -0.415. The molecule has 108 valence electrons. The fourth-order valence-electron chi connectivity index (χ4n) is 1.99. The third-order valence-corrected chi connectivity index (χ3v) is 3.02. The maximum atomic E-state index is 11.5. The van der Waals surface area contributed by atoms with Crippen molar-refractivity contribution in [3.63, 3.8) is 0 Å². The van der Waals surface area contributed by atoms with Crippen LogP contribution in [0.2, 0.25) is 0 Å².